The van der Waals surface area contributed by atoms with Crippen molar-refractivity contribution in [2.75, 3.05) is 20.8 Å². The molecule has 0 aliphatic carbocycles. The third kappa shape index (κ3) is 4.99. The number of carbonyl (C=O) groups excluding carboxylic acids is 1. The van der Waals surface area contributed by atoms with Gasteiger partial charge in [-0.25, -0.2) is 4.79 Å². The fourth-order valence-corrected chi connectivity index (χ4v) is 2.38. The number of rotatable bonds is 7. The third-order valence-corrected chi connectivity index (χ3v) is 4.08. The second-order valence-corrected chi connectivity index (χ2v) is 5.71. The van der Waals surface area contributed by atoms with Crippen molar-refractivity contribution in [3.8, 4) is 11.5 Å². The Morgan fingerprint density at radius 3 is 2.26 bits per heavy atom. The summed E-state index contributed by atoms with van der Waals surface area (Å²) in [5, 5.41) is 11.6. The number of ether oxygens (including phenoxy) is 2. The number of aliphatic carboxylic acids is 1. The molecule has 0 unspecified atom stereocenters. The molecule has 126 valence electrons. The Kier molecular flexibility index (Phi) is 7.09. The summed E-state index contributed by atoms with van der Waals surface area (Å²) >= 11 is 3.39. The summed E-state index contributed by atoms with van der Waals surface area (Å²) < 4.78 is 11.3. The molecule has 1 aromatic rings. The Labute approximate surface area is 143 Å². The summed E-state index contributed by atoms with van der Waals surface area (Å²) in [6.45, 7) is 3.24. The predicted molar refractivity (Wildman–Crippen MR) is 90.0 cm³/mol. The molecule has 0 saturated heterocycles. The Balaban J connectivity index is 2.78. The monoisotopic (exact) mass is 385 g/mol. The molecule has 6 nitrogen and oxygen atoms in total. The minimum absolute atomic E-state index is 0.0328. The van der Waals surface area contributed by atoms with E-state index in [0.29, 0.717) is 24.5 Å². The van der Waals surface area contributed by atoms with Gasteiger partial charge in [-0.15, -0.1) is 0 Å². The first kappa shape index (κ1) is 19.0. The summed E-state index contributed by atoms with van der Waals surface area (Å²) in [6.07, 6.45) is 0.526. The molecule has 0 aliphatic rings. The Morgan fingerprint density at radius 1 is 1.13 bits per heavy atom. The van der Waals surface area contributed by atoms with Gasteiger partial charge in [-0.3, -0.25) is 4.79 Å². The molecule has 7 heteroatoms. The zero-order valence-electron chi connectivity index (χ0n) is 13.5. The van der Waals surface area contributed by atoms with Gasteiger partial charge in [0.05, 0.1) is 18.7 Å². The van der Waals surface area contributed by atoms with Crippen LogP contribution in [0.2, 0.25) is 0 Å². The standard InChI is InChI=1S/C16H20BrNO5/c1-9(10(2)16(20)21)15(19)18-6-5-11-7-14(23-4)12(17)8-13(11)22-3/h7-8H,5-6H2,1-4H3,(H,18,19)(H,20,21)/b10-9-. The van der Waals surface area contributed by atoms with Crippen LogP contribution in [0.15, 0.2) is 27.8 Å². The van der Waals surface area contributed by atoms with Crippen LogP contribution in [-0.4, -0.2) is 37.7 Å². The number of amides is 1. The molecule has 0 spiro atoms. The summed E-state index contributed by atoms with van der Waals surface area (Å²) in [7, 11) is 3.14. The number of halogens is 1. The molecule has 2 N–H and O–H groups in total. The van der Waals surface area contributed by atoms with E-state index in [9.17, 15) is 9.59 Å². The van der Waals surface area contributed by atoms with E-state index < -0.39 is 11.9 Å². The van der Waals surface area contributed by atoms with E-state index in [1.165, 1.54) is 13.8 Å². The van der Waals surface area contributed by atoms with Crippen LogP contribution in [0.1, 0.15) is 19.4 Å². The molecule has 23 heavy (non-hydrogen) atoms. The number of hydrogen-bond acceptors (Lipinski definition) is 4. The van der Waals surface area contributed by atoms with Crippen molar-refractivity contribution in [1.82, 2.24) is 5.32 Å². The first-order chi connectivity index (χ1) is 10.8. The molecule has 0 aliphatic heterocycles. The van der Waals surface area contributed by atoms with Gasteiger partial charge in [0.1, 0.15) is 11.5 Å². The third-order valence-electron chi connectivity index (χ3n) is 3.46. The number of nitrogens with one attached hydrogen (secondary N) is 1. The number of benzene rings is 1. The highest BCUT2D eigenvalue weighted by Crippen LogP contribution is 2.32. The van der Waals surface area contributed by atoms with Crippen LogP contribution in [-0.2, 0) is 16.0 Å². The maximum atomic E-state index is 11.9. The molecular weight excluding hydrogens is 366 g/mol. The van der Waals surface area contributed by atoms with Gasteiger partial charge in [0.2, 0.25) is 5.91 Å². The van der Waals surface area contributed by atoms with Gasteiger partial charge in [0.25, 0.3) is 0 Å². The number of carboxylic acid groups (broad SMARTS) is 1. The minimum atomic E-state index is -1.10. The number of hydrogen-bond donors (Lipinski definition) is 2. The fraction of sp³-hybridized carbons (Fsp3) is 0.375. The lowest BCUT2D eigenvalue weighted by Crippen LogP contribution is -2.27. The van der Waals surface area contributed by atoms with E-state index in [-0.39, 0.29) is 11.1 Å². The van der Waals surface area contributed by atoms with Gasteiger partial charge in [0.15, 0.2) is 0 Å². The zero-order chi connectivity index (χ0) is 17.6. The quantitative estimate of drug-likeness (QED) is 0.704. The summed E-state index contributed by atoms with van der Waals surface area (Å²) in [5.74, 6) is -0.143. The van der Waals surface area contributed by atoms with Crippen LogP contribution in [0, 0.1) is 0 Å². The van der Waals surface area contributed by atoms with E-state index in [1.807, 2.05) is 6.07 Å². The van der Waals surface area contributed by atoms with E-state index >= 15 is 0 Å². The van der Waals surface area contributed by atoms with E-state index in [2.05, 4.69) is 21.2 Å². The molecule has 0 saturated carbocycles. The number of carbonyl (C=O) groups is 2. The van der Waals surface area contributed by atoms with Crippen LogP contribution in [0.5, 0.6) is 11.5 Å². The second-order valence-electron chi connectivity index (χ2n) is 4.86. The molecule has 1 aromatic carbocycles. The molecule has 1 amide bonds. The van der Waals surface area contributed by atoms with Crippen LogP contribution in [0.4, 0.5) is 0 Å². The van der Waals surface area contributed by atoms with Crippen molar-refractivity contribution in [2.45, 2.75) is 20.3 Å². The highest BCUT2D eigenvalue weighted by molar-refractivity contribution is 9.10. The normalized spacial score (nSPS) is 11.5. The largest absolute Gasteiger partial charge is 0.496 e. The predicted octanol–water partition coefficient (Wildman–Crippen LogP) is 2.55. The lowest BCUT2D eigenvalue weighted by Gasteiger charge is -2.13. The minimum Gasteiger partial charge on any atom is -0.496 e. The molecular formula is C16H20BrNO5. The van der Waals surface area contributed by atoms with Gasteiger partial charge < -0.3 is 19.9 Å². The lowest BCUT2D eigenvalue weighted by atomic mass is 10.1. The van der Waals surface area contributed by atoms with Crippen molar-refractivity contribution < 1.29 is 24.2 Å². The van der Waals surface area contributed by atoms with Crippen molar-refractivity contribution in [2.24, 2.45) is 0 Å². The van der Waals surface area contributed by atoms with E-state index in [1.54, 1.807) is 20.3 Å². The maximum Gasteiger partial charge on any atom is 0.331 e. The average Bonchev–Trinajstić information content (AvgIpc) is 2.53. The molecule has 0 bridgehead atoms. The summed E-state index contributed by atoms with van der Waals surface area (Å²) in [4.78, 5) is 22.8. The van der Waals surface area contributed by atoms with Crippen molar-refractivity contribution in [3.63, 3.8) is 0 Å². The first-order valence-electron chi connectivity index (χ1n) is 6.91. The highest BCUT2D eigenvalue weighted by Gasteiger charge is 2.13. The highest BCUT2D eigenvalue weighted by atomic mass is 79.9. The van der Waals surface area contributed by atoms with Gasteiger partial charge in [-0.05, 0) is 53.9 Å². The van der Waals surface area contributed by atoms with Crippen LogP contribution in [0.25, 0.3) is 0 Å². The summed E-state index contributed by atoms with van der Waals surface area (Å²) in [5.41, 5.74) is 1.10. The van der Waals surface area contributed by atoms with Crippen LogP contribution >= 0.6 is 15.9 Å². The van der Waals surface area contributed by atoms with Gasteiger partial charge in [-0.2, -0.15) is 0 Å². The van der Waals surface area contributed by atoms with Gasteiger partial charge in [0, 0.05) is 17.7 Å². The van der Waals surface area contributed by atoms with Crippen molar-refractivity contribution in [1.29, 1.82) is 0 Å². The van der Waals surface area contributed by atoms with Crippen molar-refractivity contribution >= 4 is 27.8 Å². The second kappa shape index (κ2) is 8.57. The number of methoxy groups -OCH3 is 2. The summed E-state index contributed by atoms with van der Waals surface area (Å²) in [6, 6.07) is 3.63. The number of carboxylic acids is 1. The topological polar surface area (TPSA) is 84.9 Å². The van der Waals surface area contributed by atoms with Crippen LogP contribution < -0.4 is 14.8 Å². The van der Waals surface area contributed by atoms with Gasteiger partial charge >= 0.3 is 5.97 Å². The van der Waals surface area contributed by atoms with Gasteiger partial charge in [-0.1, -0.05) is 0 Å². The van der Waals surface area contributed by atoms with E-state index in [4.69, 9.17) is 14.6 Å². The molecule has 0 radical (unpaired) electrons. The molecule has 0 heterocycles. The molecule has 1 rings (SSSR count). The van der Waals surface area contributed by atoms with Crippen molar-refractivity contribution in [3.05, 3.63) is 33.3 Å². The lowest BCUT2D eigenvalue weighted by molar-refractivity contribution is -0.133. The fourth-order valence-electron chi connectivity index (χ4n) is 1.89. The van der Waals surface area contributed by atoms with E-state index in [0.717, 1.165) is 10.0 Å². The SMILES string of the molecule is COc1cc(CCNC(=O)/C(C)=C(/C)C(=O)O)c(OC)cc1Br. The molecule has 0 aromatic heterocycles. The Bertz CT molecular complexity index is 640. The molecule has 0 fully saturated rings. The van der Waals surface area contributed by atoms with Crippen LogP contribution in [0.3, 0.4) is 0 Å². The first-order valence-corrected chi connectivity index (χ1v) is 7.70. The Hall–Kier alpha value is -2.02. The molecule has 0 atom stereocenters. The maximum absolute atomic E-state index is 11.9. The average molecular weight is 386 g/mol. The Morgan fingerprint density at radius 2 is 1.74 bits per heavy atom. The zero-order valence-corrected chi connectivity index (χ0v) is 15.1. The smallest absolute Gasteiger partial charge is 0.331 e.